The topological polar surface area (TPSA) is 0 Å². The van der Waals surface area contributed by atoms with E-state index in [0.29, 0.717) is 0 Å². The highest BCUT2D eigenvalue weighted by Gasteiger charge is 2.13. The Morgan fingerprint density at radius 2 is 1.88 bits per heavy atom. The van der Waals surface area contributed by atoms with Crippen molar-refractivity contribution in [2.24, 2.45) is 0 Å². The van der Waals surface area contributed by atoms with Crippen molar-refractivity contribution >= 4 is 30.9 Å². The van der Waals surface area contributed by atoms with E-state index in [-0.39, 0.29) is 8.41 Å². The van der Waals surface area contributed by atoms with Gasteiger partial charge in [-0.15, -0.1) is 0 Å². The maximum atomic E-state index is 2.47. The van der Waals surface area contributed by atoms with Gasteiger partial charge in [0, 0.05) is 8.41 Å². The molecule has 0 bridgehead atoms. The number of fused-ring (bicyclic) bond motifs is 3. The van der Waals surface area contributed by atoms with Gasteiger partial charge in [-0.05, 0) is 33.9 Å². The molecule has 84 valence electrons. The molecular weight excluding hydrogens is 220 g/mol. The van der Waals surface area contributed by atoms with E-state index >= 15 is 0 Å². The molecule has 0 aliphatic heterocycles. The minimum absolute atomic E-state index is 0.280. The Bertz CT molecular complexity index is 644. The molecule has 0 nitrogen and oxygen atoms in total. The van der Waals surface area contributed by atoms with E-state index in [9.17, 15) is 0 Å². The molecule has 0 fully saturated rings. The third-order valence-electron chi connectivity index (χ3n) is 3.26. The molecule has 17 heavy (non-hydrogen) atoms. The van der Waals surface area contributed by atoms with Gasteiger partial charge in [0.15, 0.2) is 0 Å². The molecule has 0 spiro atoms. The Kier molecular flexibility index (Phi) is 2.56. The fourth-order valence-electron chi connectivity index (χ4n) is 2.59. The van der Waals surface area contributed by atoms with Gasteiger partial charge in [0.2, 0.25) is 0 Å². The molecule has 1 aliphatic carbocycles. The molecule has 0 radical (unpaired) electrons. The van der Waals surface area contributed by atoms with Gasteiger partial charge >= 0.3 is 0 Å². The molecule has 0 heterocycles. The first-order valence-corrected chi connectivity index (χ1v) is 8.68. The predicted molar refractivity (Wildman–Crippen MR) is 79.2 cm³/mol. The van der Waals surface area contributed by atoms with E-state index in [1.807, 2.05) is 0 Å². The zero-order chi connectivity index (χ0) is 11.8. The molecule has 0 atom stereocenters. The SMILES string of the molecule is C[Si](C)=CC1=Cc2c(ccc3ccccc23)C1. The van der Waals surface area contributed by atoms with E-state index in [1.165, 1.54) is 27.5 Å². The minimum atomic E-state index is -0.280. The van der Waals surface area contributed by atoms with E-state index in [4.69, 9.17) is 0 Å². The summed E-state index contributed by atoms with van der Waals surface area (Å²) in [5.41, 5.74) is 6.91. The number of allylic oxidation sites excluding steroid dienone is 1. The lowest BCUT2D eigenvalue weighted by Gasteiger charge is -2.03. The summed E-state index contributed by atoms with van der Waals surface area (Å²) in [6.45, 7) is 4.68. The summed E-state index contributed by atoms with van der Waals surface area (Å²) in [4.78, 5) is 0. The Morgan fingerprint density at radius 1 is 1.06 bits per heavy atom. The molecule has 0 saturated carbocycles. The van der Waals surface area contributed by atoms with Crippen molar-refractivity contribution in [2.75, 3.05) is 0 Å². The minimum Gasteiger partial charge on any atom is -0.0788 e. The van der Waals surface area contributed by atoms with Gasteiger partial charge in [0.1, 0.15) is 0 Å². The van der Waals surface area contributed by atoms with Crippen LogP contribution < -0.4 is 0 Å². The van der Waals surface area contributed by atoms with Crippen molar-refractivity contribution in [1.29, 1.82) is 0 Å². The van der Waals surface area contributed by atoms with Gasteiger partial charge in [-0.25, -0.2) is 0 Å². The number of hydrogen-bond acceptors (Lipinski definition) is 0. The maximum absolute atomic E-state index is 2.47. The van der Waals surface area contributed by atoms with Crippen LogP contribution in [0.1, 0.15) is 11.1 Å². The quantitative estimate of drug-likeness (QED) is 0.658. The van der Waals surface area contributed by atoms with Gasteiger partial charge in [0.25, 0.3) is 0 Å². The first kappa shape index (κ1) is 10.7. The average molecular weight is 236 g/mol. The second-order valence-corrected chi connectivity index (χ2v) is 7.42. The number of hydrogen-bond donors (Lipinski definition) is 0. The molecule has 2 aromatic carbocycles. The van der Waals surface area contributed by atoms with Crippen LogP contribution in [0.3, 0.4) is 0 Å². The second-order valence-electron chi connectivity index (χ2n) is 4.98. The highest BCUT2D eigenvalue weighted by Crippen LogP contribution is 2.30. The van der Waals surface area contributed by atoms with Crippen LogP contribution in [0.15, 0.2) is 42.0 Å². The van der Waals surface area contributed by atoms with Crippen molar-refractivity contribution in [1.82, 2.24) is 0 Å². The van der Waals surface area contributed by atoms with Gasteiger partial charge < -0.3 is 0 Å². The van der Waals surface area contributed by atoms with E-state index in [0.717, 1.165) is 6.42 Å². The molecule has 0 unspecified atom stereocenters. The van der Waals surface area contributed by atoms with Crippen molar-refractivity contribution < 1.29 is 0 Å². The number of benzene rings is 2. The fourth-order valence-corrected chi connectivity index (χ4v) is 3.51. The summed E-state index contributed by atoms with van der Waals surface area (Å²) >= 11 is 0. The van der Waals surface area contributed by atoms with Crippen LogP contribution in [-0.4, -0.2) is 14.1 Å². The van der Waals surface area contributed by atoms with Crippen molar-refractivity contribution in [2.45, 2.75) is 19.5 Å². The Labute approximate surface area is 104 Å². The second kappa shape index (κ2) is 4.08. The lowest BCUT2D eigenvalue weighted by molar-refractivity contribution is 1.29. The Balaban J connectivity index is 2.19. The highest BCUT2D eigenvalue weighted by molar-refractivity contribution is 6.66. The molecule has 0 aromatic heterocycles. The summed E-state index contributed by atoms with van der Waals surface area (Å²) in [6, 6.07) is 13.2. The monoisotopic (exact) mass is 236 g/mol. The van der Waals surface area contributed by atoms with Crippen LogP contribution in [0.5, 0.6) is 0 Å². The summed E-state index contributed by atoms with van der Waals surface area (Å²) in [7, 11) is -0.280. The highest BCUT2D eigenvalue weighted by atomic mass is 28.2. The number of rotatable bonds is 1. The van der Waals surface area contributed by atoms with Gasteiger partial charge in [-0.1, -0.05) is 61.2 Å². The van der Waals surface area contributed by atoms with E-state index in [2.05, 4.69) is 61.2 Å². The zero-order valence-electron chi connectivity index (χ0n) is 10.3. The molecular formula is C16H16Si. The van der Waals surface area contributed by atoms with Gasteiger partial charge in [-0.2, -0.15) is 0 Å². The molecule has 0 amide bonds. The van der Waals surface area contributed by atoms with Gasteiger partial charge in [0.05, 0.1) is 0 Å². The van der Waals surface area contributed by atoms with Crippen molar-refractivity contribution in [3.8, 4) is 0 Å². The van der Waals surface area contributed by atoms with Crippen molar-refractivity contribution in [3.05, 3.63) is 53.1 Å². The first-order valence-electron chi connectivity index (χ1n) is 6.10. The fraction of sp³-hybridized carbons (Fsp3) is 0.188. The van der Waals surface area contributed by atoms with Gasteiger partial charge in [-0.3, -0.25) is 0 Å². The Morgan fingerprint density at radius 3 is 2.71 bits per heavy atom. The average Bonchev–Trinajstić information content (AvgIpc) is 2.70. The predicted octanol–water partition coefficient (Wildman–Crippen LogP) is 3.92. The summed E-state index contributed by atoms with van der Waals surface area (Å²) in [5, 5.41) is 2.75. The molecule has 0 N–H and O–H groups in total. The van der Waals surface area contributed by atoms with Crippen LogP contribution in [0.4, 0.5) is 0 Å². The third-order valence-corrected chi connectivity index (χ3v) is 4.21. The third kappa shape index (κ3) is 1.91. The normalized spacial score (nSPS) is 13.4. The van der Waals surface area contributed by atoms with Crippen molar-refractivity contribution in [3.63, 3.8) is 0 Å². The lowest BCUT2D eigenvalue weighted by Crippen LogP contribution is -1.95. The van der Waals surface area contributed by atoms with Crippen LogP contribution in [-0.2, 0) is 6.42 Å². The maximum Gasteiger partial charge on any atom is 0.00358 e. The largest absolute Gasteiger partial charge is 0.0788 e. The van der Waals surface area contributed by atoms with Crippen LogP contribution in [0, 0.1) is 0 Å². The summed E-state index contributed by atoms with van der Waals surface area (Å²) in [5.74, 6) is 0. The molecule has 0 saturated heterocycles. The van der Waals surface area contributed by atoms with Crippen LogP contribution in [0.2, 0.25) is 13.1 Å². The lowest BCUT2D eigenvalue weighted by atomic mass is 10.0. The molecule has 1 aliphatic rings. The Hall–Kier alpha value is -1.47. The van der Waals surface area contributed by atoms with Crippen LogP contribution in [0.25, 0.3) is 16.8 Å². The molecule has 2 aromatic rings. The molecule has 1 heteroatoms. The zero-order valence-corrected chi connectivity index (χ0v) is 11.3. The summed E-state index contributed by atoms with van der Waals surface area (Å²) in [6.07, 6.45) is 3.51. The first-order chi connectivity index (χ1) is 8.24. The summed E-state index contributed by atoms with van der Waals surface area (Å²) < 4.78 is 0. The van der Waals surface area contributed by atoms with E-state index in [1.54, 1.807) is 0 Å². The van der Waals surface area contributed by atoms with Crippen LogP contribution >= 0.6 is 0 Å². The smallest absolute Gasteiger partial charge is 0.00358 e. The standard InChI is InChI=1S/C16H16Si/c1-17(2)11-12-9-14-8-7-13-5-3-4-6-15(13)16(14)10-12/h3-8,10-11H,9H2,1-2H3. The molecule has 3 rings (SSSR count). The van der Waals surface area contributed by atoms with E-state index < -0.39 is 0 Å².